The molecule has 0 fully saturated rings. The van der Waals surface area contributed by atoms with Gasteiger partial charge in [0, 0.05) is 11.1 Å². The maximum atomic E-state index is 3.39. The van der Waals surface area contributed by atoms with E-state index < -0.39 is 0 Å². The van der Waals surface area contributed by atoms with Gasteiger partial charge in [0.25, 0.3) is 0 Å². The molecule has 0 atom stereocenters. The molecule has 0 bridgehead atoms. The van der Waals surface area contributed by atoms with Crippen molar-refractivity contribution in [2.75, 3.05) is 0 Å². The molecule has 0 aliphatic rings. The second-order valence-corrected chi connectivity index (χ2v) is 5.73. The van der Waals surface area contributed by atoms with Gasteiger partial charge in [0.2, 0.25) is 0 Å². The van der Waals surface area contributed by atoms with Crippen LogP contribution in [0.3, 0.4) is 0 Å². The van der Waals surface area contributed by atoms with Gasteiger partial charge in [-0.2, -0.15) is 0 Å². The van der Waals surface area contributed by atoms with Crippen molar-refractivity contribution in [2.24, 2.45) is 0 Å². The lowest BCUT2D eigenvalue weighted by Crippen LogP contribution is -1.87. The minimum absolute atomic E-state index is 1.11. The van der Waals surface area contributed by atoms with Gasteiger partial charge in [-0.25, -0.2) is 0 Å². The molecule has 0 saturated carbocycles. The highest BCUT2D eigenvalue weighted by Gasteiger charge is 2.02. The average molecular weight is 286 g/mol. The van der Waals surface area contributed by atoms with Gasteiger partial charge in [0.05, 0.1) is 0 Å². The van der Waals surface area contributed by atoms with Crippen LogP contribution in [0, 0.1) is 11.8 Å². The summed E-state index contributed by atoms with van der Waals surface area (Å²) in [6.07, 6.45) is 0. The number of allylic oxidation sites excluding steroid dienone is 4. The van der Waals surface area contributed by atoms with Crippen molar-refractivity contribution in [3.63, 3.8) is 0 Å². The van der Waals surface area contributed by atoms with Crippen LogP contribution in [0.2, 0.25) is 0 Å². The zero-order valence-electron chi connectivity index (χ0n) is 13.8. The predicted octanol–water partition coefficient (Wildman–Crippen LogP) is 5.98. The Morgan fingerprint density at radius 1 is 0.545 bits per heavy atom. The first kappa shape index (κ1) is 15.9. The van der Waals surface area contributed by atoms with Gasteiger partial charge in [0.15, 0.2) is 0 Å². The van der Waals surface area contributed by atoms with Gasteiger partial charge >= 0.3 is 0 Å². The summed E-state index contributed by atoms with van der Waals surface area (Å²) in [6, 6.07) is 20.7. The lowest BCUT2D eigenvalue weighted by atomic mass is 9.98. The zero-order chi connectivity index (χ0) is 15.9. The van der Waals surface area contributed by atoms with E-state index in [-0.39, 0.29) is 0 Å². The Labute approximate surface area is 134 Å². The molecule has 0 radical (unpaired) electrons. The number of benzene rings is 2. The molecule has 2 aromatic carbocycles. The van der Waals surface area contributed by atoms with Crippen LogP contribution in [0.1, 0.15) is 38.8 Å². The maximum absolute atomic E-state index is 3.39. The van der Waals surface area contributed by atoms with Crippen LogP contribution in [0.5, 0.6) is 0 Å². The Morgan fingerprint density at radius 3 is 1.14 bits per heavy atom. The summed E-state index contributed by atoms with van der Waals surface area (Å²) in [5.74, 6) is 6.77. The first-order valence-corrected chi connectivity index (χ1v) is 7.57. The number of hydrogen-bond donors (Lipinski definition) is 0. The van der Waals surface area contributed by atoms with Crippen molar-refractivity contribution >= 4 is 11.1 Å². The normalized spacial score (nSPS) is 9.45. The fourth-order valence-corrected chi connectivity index (χ4v) is 2.31. The maximum Gasteiger partial charge on any atom is 0.0307 e. The zero-order valence-corrected chi connectivity index (χ0v) is 13.8. The molecule has 0 aliphatic heterocycles. The van der Waals surface area contributed by atoms with Crippen molar-refractivity contribution in [2.45, 2.75) is 27.7 Å². The van der Waals surface area contributed by atoms with E-state index in [2.05, 4.69) is 88.1 Å². The van der Waals surface area contributed by atoms with Crippen LogP contribution in [-0.2, 0) is 0 Å². The van der Waals surface area contributed by atoms with Crippen LogP contribution < -0.4 is 0 Å². The molecule has 0 aromatic heterocycles. The molecule has 0 heterocycles. The molecule has 0 nitrogen and oxygen atoms in total. The molecular weight excluding hydrogens is 264 g/mol. The van der Waals surface area contributed by atoms with Crippen LogP contribution in [0.25, 0.3) is 11.1 Å². The molecule has 0 aliphatic carbocycles. The van der Waals surface area contributed by atoms with E-state index >= 15 is 0 Å². The number of hydrogen-bond acceptors (Lipinski definition) is 0. The monoisotopic (exact) mass is 286 g/mol. The Balaban J connectivity index is 2.46. The third-order valence-corrected chi connectivity index (χ3v) is 3.44. The highest BCUT2D eigenvalue weighted by atomic mass is 14.1. The summed E-state index contributed by atoms with van der Waals surface area (Å²) in [5.41, 5.74) is 7.04. The van der Waals surface area contributed by atoms with Crippen LogP contribution in [0.15, 0.2) is 71.8 Å². The Morgan fingerprint density at radius 2 is 0.864 bits per heavy atom. The van der Waals surface area contributed by atoms with Gasteiger partial charge in [0.1, 0.15) is 0 Å². The van der Waals surface area contributed by atoms with Crippen LogP contribution in [-0.4, -0.2) is 0 Å². The van der Waals surface area contributed by atoms with E-state index in [9.17, 15) is 0 Å². The van der Waals surface area contributed by atoms with Gasteiger partial charge in [-0.15, -0.1) is 0 Å². The molecule has 22 heavy (non-hydrogen) atoms. The summed E-state index contributed by atoms with van der Waals surface area (Å²) in [6.45, 7) is 8.45. The first-order valence-electron chi connectivity index (χ1n) is 7.57. The van der Waals surface area contributed by atoms with E-state index in [1.807, 2.05) is 12.1 Å². The summed E-state index contributed by atoms with van der Waals surface area (Å²) in [5, 5.41) is 0. The van der Waals surface area contributed by atoms with E-state index in [1.54, 1.807) is 0 Å². The fourth-order valence-electron chi connectivity index (χ4n) is 2.31. The third-order valence-electron chi connectivity index (χ3n) is 3.44. The van der Waals surface area contributed by atoms with E-state index in [1.165, 1.54) is 22.3 Å². The van der Waals surface area contributed by atoms with E-state index in [0.717, 1.165) is 11.1 Å². The molecule has 0 spiro atoms. The molecule has 2 aromatic rings. The van der Waals surface area contributed by atoms with E-state index in [4.69, 9.17) is 0 Å². The molecule has 0 amide bonds. The minimum atomic E-state index is 1.11. The second kappa shape index (κ2) is 7.48. The predicted molar refractivity (Wildman–Crippen MR) is 97.2 cm³/mol. The molecule has 2 rings (SSSR count). The summed E-state index contributed by atoms with van der Waals surface area (Å²) in [7, 11) is 0. The lowest BCUT2D eigenvalue weighted by molar-refractivity contribution is 1.39. The van der Waals surface area contributed by atoms with Gasteiger partial charge < -0.3 is 0 Å². The lowest BCUT2D eigenvalue weighted by Gasteiger charge is -2.05. The van der Waals surface area contributed by atoms with Crippen molar-refractivity contribution in [1.29, 1.82) is 0 Å². The molecular formula is C22H22. The largest absolute Gasteiger partial charge is 0.0622 e. The average Bonchev–Trinajstić information content (AvgIpc) is 2.52. The Kier molecular flexibility index (Phi) is 5.39. The fraction of sp³-hybridized carbons (Fsp3) is 0.182. The van der Waals surface area contributed by atoms with Crippen molar-refractivity contribution in [1.82, 2.24) is 0 Å². The van der Waals surface area contributed by atoms with Crippen molar-refractivity contribution in [3.8, 4) is 11.8 Å². The standard InChI is InChI=1S/C22H22/c1-17(2)21(19-11-7-5-8-12-19)15-16-22(18(3)4)20-13-9-6-10-14-20/h5-14H,1-4H3. The topological polar surface area (TPSA) is 0 Å². The Hall–Kier alpha value is -2.52. The highest BCUT2D eigenvalue weighted by Crippen LogP contribution is 2.21. The Bertz CT molecular complexity index is 674. The SMILES string of the molecule is CC(C)=C(C#CC(=C(C)C)c1ccccc1)c1ccccc1. The highest BCUT2D eigenvalue weighted by molar-refractivity contribution is 5.88. The number of rotatable bonds is 2. The van der Waals surface area contributed by atoms with E-state index in [0.29, 0.717) is 0 Å². The molecule has 0 heteroatoms. The van der Waals surface area contributed by atoms with Crippen molar-refractivity contribution in [3.05, 3.63) is 82.9 Å². The summed E-state index contributed by atoms with van der Waals surface area (Å²) < 4.78 is 0. The van der Waals surface area contributed by atoms with Gasteiger partial charge in [-0.1, -0.05) is 83.7 Å². The van der Waals surface area contributed by atoms with Gasteiger partial charge in [-0.3, -0.25) is 0 Å². The summed E-state index contributed by atoms with van der Waals surface area (Å²) in [4.78, 5) is 0. The third kappa shape index (κ3) is 3.99. The summed E-state index contributed by atoms with van der Waals surface area (Å²) >= 11 is 0. The molecule has 0 N–H and O–H groups in total. The van der Waals surface area contributed by atoms with Crippen LogP contribution in [0.4, 0.5) is 0 Å². The molecule has 0 saturated heterocycles. The smallest absolute Gasteiger partial charge is 0.0307 e. The van der Waals surface area contributed by atoms with Crippen LogP contribution >= 0.6 is 0 Å². The second-order valence-electron chi connectivity index (χ2n) is 5.73. The molecule has 110 valence electrons. The minimum Gasteiger partial charge on any atom is -0.0622 e. The first-order chi connectivity index (χ1) is 10.6. The van der Waals surface area contributed by atoms with Crippen molar-refractivity contribution < 1.29 is 0 Å². The molecule has 0 unspecified atom stereocenters. The van der Waals surface area contributed by atoms with Gasteiger partial charge in [-0.05, 0) is 38.8 Å². The quantitative estimate of drug-likeness (QED) is 0.596.